The Morgan fingerprint density at radius 2 is 2.04 bits per heavy atom. The van der Waals surface area contributed by atoms with Crippen LogP contribution < -0.4 is 5.32 Å². The third kappa shape index (κ3) is 2.73. The van der Waals surface area contributed by atoms with Crippen molar-refractivity contribution in [2.24, 2.45) is 7.05 Å². The summed E-state index contributed by atoms with van der Waals surface area (Å²) in [7, 11) is 1.87. The van der Waals surface area contributed by atoms with Crippen molar-refractivity contribution < 1.29 is 4.79 Å². The predicted molar refractivity (Wildman–Crippen MR) is 105 cm³/mol. The maximum absolute atomic E-state index is 13.1. The molecule has 1 fully saturated rings. The number of pyridine rings is 2. The smallest absolute Gasteiger partial charge is 0.256 e. The Balaban J connectivity index is 1.58. The molecule has 0 spiro atoms. The first-order valence-electron chi connectivity index (χ1n) is 9.10. The lowest BCUT2D eigenvalue weighted by molar-refractivity contribution is 0.102. The van der Waals surface area contributed by atoms with Gasteiger partial charge in [-0.25, -0.2) is 4.98 Å². The van der Waals surface area contributed by atoms with Crippen molar-refractivity contribution >= 4 is 33.5 Å². The van der Waals surface area contributed by atoms with Crippen molar-refractivity contribution in [2.75, 3.05) is 5.32 Å². The fraction of sp³-hybridized carbons (Fsp3) is 0.238. The molecule has 0 bridgehead atoms. The number of carbonyl (C=O) groups excluding carboxylic acids is 1. The van der Waals surface area contributed by atoms with Crippen LogP contribution in [0.15, 0.2) is 42.6 Å². The first-order valence-corrected chi connectivity index (χ1v) is 9.10. The molecule has 0 aliphatic heterocycles. The number of fused-ring (bicyclic) bond motifs is 2. The van der Waals surface area contributed by atoms with Gasteiger partial charge in [-0.15, -0.1) is 0 Å². The minimum absolute atomic E-state index is 0.155. The number of aromatic nitrogens is 4. The number of benzene rings is 1. The first-order chi connectivity index (χ1) is 13.1. The second-order valence-corrected chi connectivity index (χ2v) is 7.15. The zero-order chi connectivity index (χ0) is 18.5. The summed E-state index contributed by atoms with van der Waals surface area (Å²) in [5.74, 6) is 0.302. The predicted octanol–water partition coefficient (Wildman–Crippen LogP) is 3.95. The number of hydrogen-bond donors (Lipinski definition) is 1. The average molecular weight is 357 g/mol. The Hall–Kier alpha value is -3.28. The van der Waals surface area contributed by atoms with E-state index < -0.39 is 0 Å². The number of nitrogens with zero attached hydrogens (tertiary/aromatic N) is 4. The van der Waals surface area contributed by atoms with Gasteiger partial charge in [0.05, 0.1) is 34.0 Å². The quantitative estimate of drug-likeness (QED) is 0.602. The molecular formula is C21H19N5O. The SMILES string of the molecule is Cc1nn(C)c2nc(C3CC3)cc(C(=O)Nc3cnc4ccccc4c3)c12. The summed E-state index contributed by atoms with van der Waals surface area (Å²) in [4.78, 5) is 22.3. The van der Waals surface area contributed by atoms with E-state index in [0.29, 0.717) is 17.2 Å². The van der Waals surface area contributed by atoms with Crippen molar-refractivity contribution in [3.63, 3.8) is 0 Å². The number of carbonyl (C=O) groups is 1. The topological polar surface area (TPSA) is 72.7 Å². The van der Waals surface area contributed by atoms with Gasteiger partial charge >= 0.3 is 0 Å². The summed E-state index contributed by atoms with van der Waals surface area (Å²) in [6.45, 7) is 1.91. The molecule has 134 valence electrons. The van der Waals surface area contributed by atoms with E-state index in [1.54, 1.807) is 10.9 Å². The standard InChI is InChI=1S/C21H19N5O/c1-12-19-16(10-18(13-7-8-13)24-20(19)26(2)25-12)21(27)23-15-9-14-5-3-4-6-17(14)22-11-15/h3-6,9-11,13H,7-8H2,1-2H3,(H,23,27). The molecule has 0 unspecified atom stereocenters. The zero-order valence-corrected chi connectivity index (χ0v) is 15.2. The van der Waals surface area contributed by atoms with Gasteiger partial charge in [-0.05, 0) is 38.0 Å². The lowest BCUT2D eigenvalue weighted by atomic mass is 10.1. The van der Waals surface area contributed by atoms with Gasteiger partial charge < -0.3 is 5.32 Å². The Kier molecular flexibility index (Phi) is 3.47. The van der Waals surface area contributed by atoms with E-state index in [2.05, 4.69) is 15.4 Å². The third-order valence-electron chi connectivity index (χ3n) is 5.08. The van der Waals surface area contributed by atoms with Crippen molar-refractivity contribution in [3.8, 4) is 0 Å². The van der Waals surface area contributed by atoms with Gasteiger partial charge in [-0.1, -0.05) is 18.2 Å². The second-order valence-electron chi connectivity index (χ2n) is 7.15. The van der Waals surface area contributed by atoms with Crippen LogP contribution in [0.2, 0.25) is 0 Å². The number of anilines is 1. The minimum atomic E-state index is -0.155. The summed E-state index contributed by atoms with van der Waals surface area (Å²) in [5.41, 5.74) is 4.76. The fourth-order valence-electron chi connectivity index (χ4n) is 3.57. The van der Waals surface area contributed by atoms with Crippen LogP contribution in [-0.4, -0.2) is 25.7 Å². The molecule has 3 heterocycles. The molecule has 0 saturated heterocycles. The van der Waals surface area contributed by atoms with Crippen LogP contribution >= 0.6 is 0 Å². The molecule has 3 aromatic heterocycles. The van der Waals surface area contributed by atoms with E-state index in [0.717, 1.165) is 46.2 Å². The van der Waals surface area contributed by atoms with E-state index in [1.165, 1.54) is 0 Å². The van der Waals surface area contributed by atoms with E-state index >= 15 is 0 Å². The Morgan fingerprint density at radius 1 is 1.22 bits per heavy atom. The first kappa shape index (κ1) is 15.9. The van der Waals surface area contributed by atoms with Crippen LogP contribution in [0.3, 0.4) is 0 Å². The van der Waals surface area contributed by atoms with Crippen molar-refractivity contribution in [3.05, 3.63) is 59.5 Å². The number of rotatable bonds is 3. The molecule has 0 radical (unpaired) electrons. The average Bonchev–Trinajstić information content (AvgIpc) is 3.48. The zero-order valence-electron chi connectivity index (χ0n) is 15.2. The molecular weight excluding hydrogens is 338 g/mol. The van der Waals surface area contributed by atoms with Crippen LogP contribution in [0, 0.1) is 6.92 Å². The van der Waals surface area contributed by atoms with E-state index in [-0.39, 0.29) is 5.91 Å². The summed E-state index contributed by atoms with van der Waals surface area (Å²) in [6, 6.07) is 11.7. The van der Waals surface area contributed by atoms with Gasteiger partial charge in [-0.3, -0.25) is 14.5 Å². The number of para-hydroxylation sites is 1. The van der Waals surface area contributed by atoms with Gasteiger partial charge in [0.2, 0.25) is 0 Å². The molecule has 4 aromatic rings. The maximum atomic E-state index is 13.1. The van der Waals surface area contributed by atoms with Gasteiger partial charge in [-0.2, -0.15) is 5.10 Å². The highest BCUT2D eigenvalue weighted by Gasteiger charge is 2.28. The van der Waals surface area contributed by atoms with E-state index in [4.69, 9.17) is 4.98 Å². The Bertz CT molecular complexity index is 1210. The van der Waals surface area contributed by atoms with Crippen LogP contribution in [-0.2, 0) is 7.05 Å². The van der Waals surface area contributed by atoms with Gasteiger partial charge in [0, 0.05) is 24.0 Å². The highest BCUT2D eigenvalue weighted by atomic mass is 16.1. The van der Waals surface area contributed by atoms with E-state index in [1.807, 2.05) is 50.4 Å². The molecule has 1 saturated carbocycles. The van der Waals surface area contributed by atoms with Crippen molar-refractivity contribution in [2.45, 2.75) is 25.7 Å². The van der Waals surface area contributed by atoms with Gasteiger partial charge in [0.15, 0.2) is 5.65 Å². The largest absolute Gasteiger partial charge is 0.321 e. The Labute approximate surface area is 156 Å². The maximum Gasteiger partial charge on any atom is 0.256 e. The van der Waals surface area contributed by atoms with Crippen LogP contribution in [0.25, 0.3) is 21.9 Å². The number of hydrogen-bond acceptors (Lipinski definition) is 4. The highest BCUT2D eigenvalue weighted by Crippen LogP contribution is 2.40. The fourth-order valence-corrected chi connectivity index (χ4v) is 3.57. The monoisotopic (exact) mass is 357 g/mol. The van der Waals surface area contributed by atoms with Gasteiger partial charge in [0.25, 0.3) is 5.91 Å². The molecule has 1 N–H and O–H groups in total. The third-order valence-corrected chi connectivity index (χ3v) is 5.08. The summed E-state index contributed by atoms with van der Waals surface area (Å²) in [6.07, 6.45) is 3.95. The van der Waals surface area contributed by atoms with Crippen molar-refractivity contribution in [1.82, 2.24) is 19.7 Å². The lowest BCUT2D eigenvalue weighted by Gasteiger charge is -2.09. The van der Waals surface area contributed by atoms with Gasteiger partial charge in [0.1, 0.15) is 0 Å². The molecule has 0 atom stereocenters. The van der Waals surface area contributed by atoms with Crippen LogP contribution in [0.5, 0.6) is 0 Å². The molecule has 5 rings (SSSR count). The molecule has 1 aliphatic carbocycles. The lowest BCUT2D eigenvalue weighted by Crippen LogP contribution is -2.14. The summed E-state index contributed by atoms with van der Waals surface area (Å²) < 4.78 is 1.75. The summed E-state index contributed by atoms with van der Waals surface area (Å²) in [5, 5.41) is 9.27. The molecule has 1 aromatic carbocycles. The molecule has 6 nitrogen and oxygen atoms in total. The molecule has 1 amide bonds. The van der Waals surface area contributed by atoms with Crippen LogP contribution in [0.1, 0.15) is 40.5 Å². The number of amides is 1. The highest BCUT2D eigenvalue weighted by molar-refractivity contribution is 6.13. The van der Waals surface area contributed by atoms with E-state index in [9.17, 15) is 4.79 Å². The normalized spacial score (nSPS) is 14.0. The minimum Gasteiger partial charge on any atom is -0.321 e. The number of nitrogens with one attached hydrogen (secondary N) is 1. The second kappa shape index (κ2) is 5.87. The van der Waals surface area contributed by atoms with Crippen molar-refractivity contribution in [1.29, 1.82) is 0 Å². The molecule has 6 heteroatoms. The van der Waals surface area contributed by atoms with Crippen LogP contribution in [0.4, 0.5) is 5.69 Å². The molecule has 1 aliphatic rings. The molecule has 27 heavy (non-hydrogen) atoms. The number of aryl methyl sites for hydroxylation is 2. The Morgan fingerprint density at radius 3 is 2.85 bits per heavy atom. The summed E-state index contributed by atoms with van der Waals surface area (Å²) >= 11 is 0.